The number of hydrogen-bond donors (Lipinski definition) is 1. The summed E-state index contributed by atoms with van der Waals surface area (Å²) in [6.45, 7) is 0. The average molecular weight is 400 g/mol. The van der Waals surface area contributed by atoms with Crippen LogP contribution in [0.25, 0.3) is 63.9 Å². The Labute approximate surface area is 177 Å². The molecule has 2 aromatic heterocycles. The highest BCUT2D eigenvalue weighted by Gasteiger charge is 2.19. The van der Waals surface area contributed by atoms with Gasteiger partial charge in [0, 0.05) is 47.5 Å². The van der Waals surface area contributed by atoms with Crippen LogP contribution in [0.3, 0.4) is 0 Å². The van der Waals surface area contributed by atoms with Gasteiger partial charge in [-0.3, -0.25) is 0 Å². The smallest absolute Gasteiger partial charge is 0.0478 e. The van der Waals surface area contributed by atoms with Crippen molar-refractivity contribution in [2.45, 2.75) is 0 Å². The van der Waals surface area contributed by atoms with E-state index < -0.39 is 0 Å². The summed E-state index contributed by atoms with van der Waals surface area (Å²) < 4.78 is 2.71. The van der Waals surface area contributed by atoms with Gasteiger partial charge in [0.15, 0.2) is 0 Å². The van der Waals surface area contributed by atoms with Gasteiger partial charge in [0.25, 0.3) is 0 Å². The maximum absolute atomic E-state index is 3.69. The third kappa shape index (κ3) is 2.11. The minimum Gasteiger partial charge on any atom is -0.354 e. The fourth-order valence-corrected chi connectivity index (χ4v) is 6.14. The van der Waals surface area contributed by atoms with Gasteiger partial charge in [0.05, 0.1) is 0 Å². The zero-order valence-electron chi connectivity index (χ0n) is 16.1. The number of fused-ring (bicyclic) bond motifs is 9. The van der Waals surface area contributed by atoms with E-state index in [1.54, 1.807) is 0 Å². The summed E-state index contributed by atoms with van der Waals surface area (Å²) in [4.78, 5) is 3.69. The largest absolute Gasteiger partial charge is 0.354 e. The van der Waals surface area contributed by atoms with Crippen LogP contribution >= 0.6 is 11.3 Å². The summed E-state index contributed by atoms with van der Waals surface area (Å²) in [5.41, 5.74) is 4.96. The topological polar surface area (TPSA) is 15.8 Å². The number of aromatic nitrogens is 1. The van der Waals surface area contributed by atoms with Gasteiger partial charge in [-0.05, 0) is 34.5 Å². The molecule has 2 heterocycles. The molecule has 140 valence electrons. The van der Waals surface area contributed by atoms with Crippen LogP contribution in [0.4, 0.5) is 0 Å². The normalized spacial score (nSPS) is 12.0. The summed E-state index contributed by atoms with van der Waals surface area (Å²) in [5.74, 6) is 0. The Bertz CT molecular complexity index is 1740. The number of nitrogens with one attached hydrogen (secondary N) is 1. The van der Waals surface area contributed by atoms with E-state index in [0.717, 1.165) is 0 Å². The van der Waals surface area contributed by atoms with E-state index in [-0.39, 0.29) is 0 Å². The van der Waals surface area contributed by atoms with Gasteiger partial charge in [0.1, 0.15) is 0 Å². The van der Waals surface area contributed by atoms with Gasteiger partial charge in [0.2, 0.25) is 0 Å². The molecule has 5 aromatic carbocycles. The summed E-state index contributed by atoms with van der Waals surface area (Å²) in [7, 11) is 0. The van der Waals surface area contributed by atoms with Crippen molar-refractivity contribution in [3.8, 4) is 11.1 Å². The number of para-hydroxylation sites is 1. The molecule has 30 heavy (non-hydrogen) atoms. The number of rotatable bonds is 1. The van der Waals surface area contributed by atoms with E-state index in [0.29, 0.717) is 0 Å². The molecule has 0 saturated heterocycles. The fraction of sp³-hybridized carbons (Fsp3) is 0. The van der Waals surface area contributed by atoms with E-state index in [2.05, 4.69) is 102 Å². The molecule has 2 heteroatoms. The first-order valence-electron chi connectivity index (χ1n) is 10.2. The Morgan fingerprint density at radius 3 is 2.23 bits per heavy atom. The monoisotopic (exact) mass is 399 g/mol. The Hall–Kier alpha value is -3.62. The van der Waals surface area contributed by atoms with Crippen LogP contribution in [0.15, 0.2) is 97.1 Å². The molecule has 0 radical (unpaired) electrons. The van der Waals surface area contributed by atoms with Crippen LogP contribution in [0, 0.1) is 0 Å². The van der Waals surface area contributed by atoms with Gasteiger partial charge in [-0.2, -0.15) is 0 Å². The molecule has 1 N–H and O–H groups in total. The second-order valence-electron chi connectivity index (χ2n) is 7.85. The Kier molecular flexibility index (Phi) is 3.21. The highest BCUT2D eigenvalue weighted by atomic mass is 32.1. The standard InChI is InChI=1S/C28H17NS/c1-2-8-17(9-3-1)21-16-23-25(20-12-6-7-13-22(20)29-23)27-26-19-11-5-4-10-18(19)14-15-24(26)30-28(21)27/h1-16,29H. The number of thiophene rings is 1. The lowest BCUT2D eigenvalue weighted by Crippen LogP contribution is -1.81. The molecule has 0 atom stereocenters. The van der Waals surface area contributed by atoms with Crippen LogP contribution < -0.4 is 0 Å². The summed E-state index contributed by atoms with van der Waals surface area (Å²) in [5, 5.41) is 8.01. The van der Waals surface area contributed by atoms with Crippen molar-refractivity contribution in [3.63, 3.8) is 0 Å². The molecule has 1 nitrogen and oxygen atoms in total. The van der Waals surface area contributed by atoms with Crippen molar-refractivity contribution < 1.29 is 0 Å². The van der Waals surface area contributed by atoms with Gasteiger partial charge in [-0.15, -0.1) is 11.3 Å². The third-order valence-electron chi connectivity index (χ3n) is 6.18. The van der Waals surface area contributed by atoms with Crippen molar-refractivity contribution in [1.82, 2.24) is 4.98 Å². The lowest BCUT2D eigenvalue weighted by atomic mass is 9.96. The quantitative estimate of drug-likeness (QED) is 0.285. The molecular formula is C28H17NS. The molecule has 0 fully saturated rings. The van der Waals surface area contributed by atoms with Crippen molar-refractivity contribution >= 4 is 64.1 Å². The Morgan fingerprint density at radius 1 is 0.567 bits per heavy atom. The van der Waals surface area contributed by atoms with E-state index in [1.165, 1.54) is 63.9 Å². The second-order valence-corrected chi connectivity index (χ2v) is 8.90. The second kappa shape index (κ2) is 5.94. The van der Waals surface area contributed by atoms with Crippen LogP contribution in [-0.2, 0) is 0 Å². The summed E-state index contributed by atoms with van der Waals surface area (Å²) >= 11 is 1.91. The van der Waals surface area contributed by atoms with Gasteiger partial charge >= 0.3 is 0 Å². The Morgan fingerprint density at radius 2 is 1.33 bits per heavy atom. The van der Waals surface area contributed by atoms with Gasteiger partial charge < -0.3 is 4.98 Å². The summed E-state index contributed by atoms with van der Waals surface area (Å²) in [6, 6.07) is 35.1. The highest BCUT2D eigenvalue weighted by Crippen LogP contribution is 2.47. The SMILES string of the molecule is c1ccc(-c2cc3[nH]c4ccccc4c3c3c2sc2ccc4ccccc4c23)cc1. The van der Waals surface area contributed by atoms with E-state index in [1.807, 2.05) is 11.3 Å². The number of benzene rings is 5. The zero-order valence-corrected chi connectivity index (χ0v) is 17.0. The maximum atomic E-state index is 3.69. The number of hydrogen-bond acceptors (Lipinski definition) is 1. The predicted molar refractivity (Wildman–Crippen MR) is 132 cm³/mol. The first-order valence-corrected chi connectivity index (χ1v) is 11.0. The fourth-order valence-electron chi connectivity index (χ4n) is 4.88. The summed E-state index contributed by atoms with van der Waals surface area (Å²) in [6.07, 6.45) is 0. The maximum Gasteiger partial charge on any atom is 0.0478 e. The zero-order chi connectivity index (χ0) is 19.7. The molecule has 7 rings (SSSR count). The molecule has 0 aliphatic carbocycles. The van der Waals surface area contributed by atoms with Crippen LogP contribution in [0.5, 0.6) is 0 Å². The van der Waals surface area contributed by atoms with Crippen LogP contribution in [-0.4, -0.2) is 4.98 Å². The minimum absolute atomic E-state index is 1.19. The predicted octanol–water partition coefficient (Wildman–Crippen LogP) is 8.51. The van der Waals surface area contributed by atoms with Crippen molar-refractivity contribution in [2.75, 3.05) is 0 Å². The van der Waals surface area contributed by atoms with Crippen LogP contribution in [0.2, 0.25) is 0 Å². The molecule has 7 aromatic rings. The van der Waals surface area contributed by atoms with Gasteiger partial charge in [-0.1, -0.05) is 78.9 Å². The lowest BCUT2D eigenvalue weighted by molar-refractivity contribution is 1.55. The molecule has 0 unspecified atom stereocenters. The molecule has 0 aliphatic rings. The molecule has 0 amide bonds. The average Bonchev–Trinajstić information content (AvgIpc) is 3.37. The van der Waals surface area contributed by atoms with Crippen molar-refractivity contribution in [2.24, 2.45) is 0 Å². The van der Waals surface area contributed by atoms with Crippen molar-refractivity contribution in [3.05, 3.63) is 97.1 Å². The number of H-pyrrole nitrogens is 1. The van der Waals surface area contributed by atoms with E-state index >= 15 is 0 Å². The molecule has 0 bridgehead atoms. The molecule has 0 aliphatic heterocycles. The van der Waals surface area contributed by atoms with Crippen LogP contribution in [0.1, 0.15) is 0 Å². The minimum atomic E-state index is 1.19. The highest BCUT2D eigenvalue weighted by molar-refractivity contribution is 7.26. The molecule has 0 spiro atoms. The first-order chi connectivity index (χ1) is 14.9. The van der Waals surface area contributed by atoms with Gasteiger partial charge in [-0.25, -0.2) is 0 Å². The van der Waals surface area contributed by atoms with E-state index in [9.17, 15) is 0 Å². The third-order valence-corrected chi connectivity index (χ3v) is 7.37. The number of aromatic amines is 1. The molecular weight excluding hydrogens is 382 g/mol. The first kappa shape index (κ1) is 16.2. The van der Waals surface area contributed by atoms with Crippen molar-refractivity contribution in [1.29, 1.82) is 0 Å². The Balaban J connectivity index is 1.82. The van der Waals surface area contributed by atoms with E-state index in [4.69, 9.17) is 0 Å². The molecule has 0 saturated carbocycles. The lowest BCUT2D eigenvalue weighted by Gasteiger charge is -2.07.